The van der Waals surface area contributed by atoms with Gasteiger partial charge in [0.05, 0.1) is 12.0 Å². The summed E-state index contributed by atoms with van der Waals surface area (Å²) < 4.78 is 2.28. The van der Waals surface area contributed by atoms with Crippen LogP contribution in [0.5, 0.6) is 0 Å². The van der Waals surface area contributed by atoms with E-state index in [9.17, 15) is 0 Å². The molecule has 0 amide bonds. The van der Waals surface area contributed by atoms with Crippen molar-refractivity contribution >= 4 is 0 Å². The monoisotopic (exact) mass is 335 g/mol. The molecule has 0 saturated carbocycles. The first kappa shape index (κ1) is 16.1. The Morgan fingerprint density at radius 1 is 1.16 bits per heavy atom. The molecular weight excluding hydrogens is 310 g/mol. The predicted octanol–water partition coefficient (Wildman–Crippen LogP) is 3.21. The lowest BCUT2D eigenvalue weighted by Gasteiger charge is -2.34. The molecule has 5 nitrogen and oxygen atoms in total. The van der Waals surface area contributed by atoms with Crippen molar-refractivity contribution < 1.29 is 0 Å². The average Bonchev–Trinajstić information content (AvgIpc) is 3.30. The number of benzene rings is 1. The molecule has 0 aliphatic carbocycles. The molecule has 1 unspecified atom stereocenters. The Morgan fingerprint density at radius 3 is 2.88 bits per heavy atom. The second kappa shape index (κ2) is 7.23. The molecule has 3 aromatic rings. The highest BCUT2D eigenvalue weighted by Gasteiger charge is 2.33. The molecule has 25 heavy (non-hydrogen) atoms. The molecule has 0 saturated heterocycles. The van der Waals surface area contributed by atoms with E-state index in [0.29, 0.717) is 0 Å². The standard InChI is InChI=1S/C20H25N5/c1-2-11-25-14-10-21-20(25)19-18-17(22-15-23-18)9-13-24(19)12-8-16-6-4-3-5-7-16/h3-7,10,14-15,19H,2,8-9,11-13H2,1H3,(H,22,23). The summed E-state index contributed by atoms with van der Waals surface area (Å²) in [5.41, 5.74) is 3.78. The molecule has 3 heterocycles. The lowest BCUT2D eigenvalue weighted by Crippen LogP contribution is -2.39. The molecule has 0 radical (unpaired) electrons. The van der Waals surface area contributed by atoms with Gasteiger partial charge in [0.25, 0.3) is 0 Å². The first-order valence-corrected chi connectivity index (χ1v) is 9.18. The molecular formula is C20H25N5. The maximum atomic E-state index is 4.71. The van der Waals surface area contributed by atoms with Crippen molar-refractivity contribution in [2.24, 2.45) is 0 Å². The van der Waals surface area contributed by atoms with E-state index in [4.69, 9.17) is 4.98 Å². The SMILES string of the molecule is CCCn1ccnc1C1c2nc[nH]c2CCN1CCc1ccccc1. The van der Waals surface area contributed by atoms with Gasteiger partial charge in [-0.15, -0.1) is 0 Å². The van der Waals surface area contributed by atoms with E-state index in [-0.39, 0.29) is 6.04 Å². The maximum absolute atomic E-state index is 4.71. The number of aromatic amines is 1. The van der Waals surface area contributed by atoms with Crippen molar-refractivity contribution in [2.75, 3.05) is 13.1 Å². The summed E-state index contributed by atoms with van der Waals surface area (Å²) in [6, 6.07) is 10.9. The van der Waals surface area contributed by atoms with Crippen molar-refractivity contribution in [1.82, 2.24) is 24.4 Å². The Labute approximate surface area is 148 Å². The van der Waals surface area contributed by atoms with E-state index in [1.165, 1.54) is 11.3 Å². The van der Waals surface area contributed by atoms with E-state index in [2.05, 4.69) is 62.9 Å². The van der Waals surface area contributed by atoms with Gasteiger partial charge < -0.3 is 9.55 Å². The third-order valence-corrected chi connectivity index (χ3v) is 5.01. The molecule has 0 bridgehead atoms. The summed E-state index contributed by atoms with van der Waals surface area (Å²) in [7, 11) is 0. The Morgan fingerprint density at radius 2 is 2.04 bits per heavy atom. The Balaban J connectivity index is 1.62. The van der Waals surface area contributed by atoms with Gasteiger partial charge in [-0.05, 0) is 18.4 Å². The van der Waals surface area contributed by atoms with Gasteiger partial charge in [-0.3, -0.25) is 4.90 Å². The van der Waals surface area contributed by atoms with Crippen LogP contribution in [0.1, 0.15) is 42.2 Å². The number of nitrogens with one attached hydrogen (secondary N) is 1. The van der Waals surface area contributed by atoms with Crippen molar-refractivity contribution in [2.45, 2.75) is 38.8 Å². The fraction of sp³-hybridized carbons (Fsp3) is 0.400. The minimum absolute atomic E-state index is 0.139. The molecule has 1 aliphatic rings. The molecule has 130 valence electrons. The second-order valence-electron chi connectivity index (χ2n) is 6.67. The number of H-pyrrole nitrogens is 1. The number of nitrogens with zero attached hydrogens (tertiary/aromatic N) is 4. The molecule has 0 spiro atoms. The molecule has 1 atom stereocenters. The number of imidazole rings is 2. The number of fused-ring (bicyclic) bond motifs is 1. The van der Waals surface area contributed by atoms with Crippen LogP contribution in [0.2, 0.25) is 0 Å². The summed E-state index contributed by atoms with van der Waals surface area (Å²) in [6.07, 6.45) is 9.01. The predicted molar refractivity (Wildman–Crippen MR) is 98.4 cm³/mol. The highest BCUT2D eigenvalue weighted by Crippen LogP contribution is 2.32. The lowest BCUT2D eigenvalue weighted by atomic mass is 10.0. The molecule has 1 N–H and O–H groups in total. The van der Waals surface area contributed by atoms with E-state index in [0.717, 1.165) is 50.4 Å². The molecule has 1 aliphatic heterocycles. The van der Waals surface area contributed by atoms with Crippen LogP contribution in [0.3, 0.4) is 0 Å². The largest absolute Gasteiger partial charge is 0.348 e. The van der Waals surface area contributed by atoms with Crippen LogP contribution in [0.4, 0.5) is 0 Å². The molecule has 1 aromatic carbocycles. The molecule has 5 heteroatoms. The summed E-state index contributed by atoms with van der Waals surface area (Å²) in [5.74, 6) is 1.11. The van der Waals surface area contributed by atoms with Gasteiger partial charge in [-0.2, -0.15) is 0 Å². The van der Waals surface area contributed by atoms with E-state index < -0.39 is 0 Å². The number of aromatic nitrogens is 4. The smallest absolute Gasteiger partial charge is 0.132 e. The highest BCUT2D eigenvalue weighted by molar-refractivity contribution is 5.27. The molecule has 0 fully saturated rings. The Bertz CT molecular complexity index is 804. The van der Waals surface area contributed by atoms with Gasteiger partial charge in [-0.1, -0.05) is 37.3 Å². The van der Waals surface area contributed by atoms with Gasteiger partial charge in [0.1, 0.15) is 11.9 Å². The van der Waals surface area contributed by atoms with Crippen molar-refractivity contribution in [3.8, 4) is 0 Å². The van der Waals surface area contributed by atoms with Crippen molar-refractivity contribution in [1.29, 1.82) is 0 Å². The van der Waals surface area contributed by atoms with E-state index >= 15 is 0 Å². The number of hydrogen-bond acceptors (Lipinski definition) is 3. The van der Waals surface area contributed by atoms with Crippen LogP contribution in [0.15, 0.2) is 49.1 Å². The third-order valence-electron chi connectivity index (χ3n) is 5.01. The topological polar surface area (TPSA) is 49.7 Å². The second-order valence-corrected chi connectivity index (χ2v) is 6.67. The third kappa shape index (κ3) is 3.24. The zero-order valence-corrected chi connectivity index (χ0v) is 14.7. The summed E-state index contributed by atoms with van der Waals surface area (Å²) >= 11 is 0. The van der Waals surface area contributed by atoms with Crippen molar-refractivity contribution in [3.63, 3.8) is 0 Å². The van der Waals surface area contributed by atoms with E-state index in [1.54, 1.807) is 0 Å². The van der Waals surface area contributed by atoms with Gasteiger partial charge in [0, 0.05) is 44.1 Å². The van der Waals surface area contributed by atoms with Gasteiger partial charge in [0.2, 0.25) is 0 Å². The number of aryl methyl sites for hydroxylation is 1. The highest BCUT2D eigenvalue weighted by atomic mass is 15.2. The summed E-state index contributed by atoms with van der Waals surface area (Å²) in [6.45, 7) is 5.25. The number of hydrogen-bond donors (Lipinski definition) is 1. The zero-order chi connectivity index (χ0) is 17.1. The Hall–Kier alpha value is -2.40. The zero-order valence-electron chi connectivity index (χ0n) is 14.7. The number of rotatable bonds is 6. The van der Waals surface area contributed by atoms with Crippen LogP contribution in [-0.2, 0) is 19.4 Å². The van der Waals surface area contributed by atoms with Crippen LogP contribution >= 0.6 is 0 Å². The first-order chi connectivity index (χ1) is 12.4. The van der Waals surface area contributed by atoms with Crippen molar-refractivity contribution in [3.05, 3.63) is 71.8 Å². The first-order valence-electron chi connectivity index (χ1n) is 9.18. The van der Waals surface area contributed by atoms with Crippen LogP contribution in [0, 0.1) is 0 Å². The van der Waals surface area contributed by atoms with Gasteiger partial charge in [-0.25, -0.2) is 9.97 Å². The maximum Gasteiger partial charge on any atom is 0.132 e. The van der Waals surface area contributed by atoms with Gasteiger partial charge in [0.15, 0.2) is 0 Å². The fourth-order valence-electron chi connectivity index (χ4n) is 3.77. The molecule has 4 rings (SSSR count). The quantitative estimate of drug-likeness (QED) is 0.752. The summed E-state index contributed by atoms with van der Waals surface area (Å²) in [4.78, 5) is 15.2. The lowest BCUT2D eigenvalue weighted by molar-refractivity contribution is 0.200. The minimum Gasteiger partial charge on any atom is -0.348 e. The van der Waals surface area contributed by atoms with Crippen LogP contribution in [-0.4, -0.2) is 37.5 Å². The normalized spacial score (nSPS) is 17.6. The summed E-state index contributed by atoms with van der Waals surface area (Å²) in [5, 5.41) is 0. The van der Waals surface area contributed by atoms with Gasteiger partial charge >= 0.3 is 0 Å². The average molecular weight is 335 g/mol. The Kier molecular flexibility index (Phi) is 4.65. The van der Waals surface area contributed by atoms with Crippen LogP contribution in [0.25, 0.3) is 0 Å². The minimum atomic E-state index is 0.139. The fourth-order valence-corrected chi connectivity index (χ4v) is 3.77. The van der Waals surface area contributed by atoms with E-state index in [1.807, 2.05) is 12.5 Å². The van der Waals surface area contributed by atoms with Crippen LogP contribution < -0.4 is 0 Å². The molecule has 2 aromatic heterocycles.